The van der Waals surface area contributed by atoms with Crippen LogP contribution in [-0.2, 0) is 15.7 Å². The van der Waals surface area contributed by atoms with Crippen LogP contribution in [0.1, 0.15) is 35.7 Å². The highest BCUT2D eigenvalue weighted by molar-refractivity contribution is 7.17. The van der Waals surface area contributed by atoms with Crippen molar-refractivity contribution >= 4 is 33.6 Å². The largest absolute Gasteiger partial charge is 0.522 e. The highest BCUT2D eigenvalue weighted by Gasteiger charge is 2.36. The number of aromatic nitrogens is 1. The Kier molecular flexibility index (Phi) is 7.99. The van der Waals surface area contributed by atoms with Crippen LogP contribution in [0.4, 0.5) is 31.1 Å². The summed E-state index contributed by atoms with van der Waals surface area (Å²) in [6.07, 6.45) is -11.9. The van der Waals surface area contributed by atoms with Crippen molar-refractivity contribution < 1.29 is 50.1 Å². The Morgan fingerprint density at radius 2 is 1.89 bits per heavy atom. The van der Waals surface area contributed by atoms with Gasteiger partial charge in [0.2, 0.25) is 5.88 Å². The lowest BCUT2D eigenvalue weighted by molar-refractivity contribution is -0.342. The Balaban J connectivity index is 1.64. The van der Waals surface area contributed by atoms with E-state index >= 15 is 0 Å². The number of carbonyl (C=O) groups is 2. The summed E-state index contributed by atoms with van der Waals surface area (Å²) in [4.78, 5) is 29.5. The fraction of sp³-hybridized carbons (Fsp3) is 0.550. The Hall–Kier alpha value is -2.81. The summed E-state index contributed by atoms with van der Waals surface area (Å²) >= 11 is 0.751. The van der Waals surface area contributed by atoms with Gasteiger partial charge in [-0.15, -0.1) is 24.5 Å². The number of nitrogens with one attached hydrogen (secondary N) is 1. The first kappa shape index (κ1) is 26.8. The Bertz CT molecular complexity index is 1070. The van der Waals surface area contributed by atoms with Crippen molar-refractivity contribution in [2.45, 2.75) is 44.5 Å². The van der Waals surface area contributed by atoms with Gasteiger partial charge in [-0.05, 0) is 6.92 Å². The Labute approximate surface area is 199 Å². The summed E-state index contributed by atoms with van der Waals surface area (Å²) < 4.78 is 91.4. The molecule has 1 aliphatic rings. The van der Waals surface area contributed by atoms with Crippen molar-refractivity contribution in [3.63, 3.8) is 0 Å². The molecule has 1 fully saturated rings. The number of rotatable bonds is 6. The zero-order valence-electron chi connectivity index (χ0n) is 18.5. The number of fused-ring (bicyclic) bond motifs is 1. The molecule has 3 rings (SSSR count). The molecule has 0 spiro atoms. The molecule has 3 heterocycles. The molecule has 2 aromatic rings. The number of ether oxygens (including phenoxy) is 3. The molecule has 1 aliphatic heterocycles. The Morgan fingerprint density at radius 3 is 2.46 bits per heavy atom. The number of hydrogen-bond acceptors (Lipinski definition) is 7. The van der Waals surface area contributed by atoms with Gasteiger partial charge in [-0.3, -0.25) is 9.53 Å². The van der Waals surface area contributed by atoms with Crippen LogP contribution in [0.15, 0.2) is 11.4 Å². The standard InChI is InChI=1S/C20H21F6N3O5S/c1-10(34-20(24,25)26)8-32-18(31)29-5-3-11(4-6-29)33-14-7-13(19(21,22)23)16-15(28-14)12(9-35-16)17(30)27-2/h7,9-11H,3-6,8H2,1-2H3,(H,27,30)/t10-/m0/s1. The predicted molar refractivity (Wildman–Crippen MR) is 111 cm³/mol. The predicted octanol–water partition coefficient (Wildman–Crippen LogP) is 4.58. The van der Waals surface area contributed by atoms with Crippen LogP contribution in [0.5, 0.6) is 5.88 Å². The zero-order valence-corrected chi connectivity index (χ0v) is 19.3. The van der Waals surface area contributed by atoms with Gasteiger partial charge >= 0.3 is 18.6 Å². The molecule has 0 unspecified atom stereocenters. The number of carbonyl (C=O) groups excluding carboxylic acids is 2. The number of piperidine rings is 1. The third-order valence-corrected chi connectivity index (χ3v) is 6.04. The van der Waals surface area contributed by atoms with E-state index in [-0.39, 0.29) is 47.6 Å². The van der Waals surface area contributed by atoms with Gasteiger partial charge in [-0.1, -0.05) is 0 Å². The normalized spacial score (nSPS) is 16.3. The lowest BCUT2D eigenvalue weighted by Gasteiger charge is -2.31. The van der Waals surface area contributed by atoms with Crippen molar-refractivity contribution in [2.24, 2.45) is 0 Å². The molecule has 15 heteroatoms. The van der Waals surface area contributed by atoms with E-state index in [4.69, 9.17) is 9.47 Å². The molecule has 0 radical (unpaired) electrons. The average molecular weight is 529 g/mol. The molecule has 35 heavy (non-hydrogen) atoms. The van der Waals surface area contributed by atoms with E-state index in [1.54, 1.807) is 0 Å². The van der Waals surface area contributed by atoms with E-state index in [9.17, 15) is 35.9 Å². The van der Waals surface area contributed by atoms with Gasteiger partial charge < -0.3 is 19.7 Å². The van der Waals surface area contributed by atoms with E-state index in [0.29, 0.717) is 0 Å². The number of halogens is 6. The monoisotopic (exact) mass is 529 g/mol. The molecule has 0 aromatic carbocycles. The van der Waals surface area contributed by atoms with E-state index < -0.39 is 48.9 Å². The smallest absolute Gasteiger partial charge is 0.474 e. The molecule has 2 aromatic heterocycles. The van der Waals surface area contributed by atoms with Crippen LogP contribution in [0.3, 0.4) is 0 Å². The zero-order chi connectivity index (χ0) is 26.0. The van der Waals surface area contributed by atoms with Crippen molar-refractivity contribution in [3.05, 3.63) is 22.6 Å². The number of hydrogen-bond donors (Lipinski definition) is 1. The molecule has 2 amide bonds. The molecular formula is C20H21F6N3O5S. The number of amides is 2. The van der Waals surface area contributed by atoms with Gasteiger partial charge in [-0.25, -0.2) is 9.78 Å². The second kappa shape index (κ2) is 10.4. The number of thiophene rings is 1. The molecule has 1 saturated heterocycles. The summed E-state index contributed by atoms with van der Waals surface area (Å²) in [6, 6.07) is 0.773. The second-order valence-corrected chi connectivity index (χ2v) is 8.55. The second-order valence-electron chi connectivity index (χ2n) is 7.67. The topological polar surface area (TPSA) is 90.0 Å². The lowest BCUT2D eigenvalue weighted by atomic mass is 10.1. The van der Waals surface area contributed by atoms with Gasteiger partial charge in [0.25, 0.3) is 5.91 Å². The first-order chi connectivity index (χ1) is 16.3. The van der Waals surface area contributed by atoms with E-state index in [2.05, 4.69) is 15.0 Å². The van der Waals surface area contributed by atoms with Gasteiger partial charge in [-0.2, -0.15) is 13.2 Å². The highest BCUT2D eigenvalue weighted by Crippen LogP contribution is 2.40. The summed E-state index contributed by atoms with van der Waals surface area (Å²) in [5.41, 5.74) is -1.12. The molecule has 0 saturated carbocycles. The maximum absolute atomic E-state index is 13.6. The lowest BCUT2D eigenvalue weighted by Crippen LogP contribution is -2.42. The van der Waals surface area contributed by atoms with E-state index in [0.717, 1.165) is 24.3 Å². The van der Waals surface area contributed by atoms with Crippen LogP contribution < -0.4 is 10.1 Å². The van der Waals surface area contributed by atoms with Crippen molar-refractivity contribution in [2.75, 3.05) is 26.7 Å². The quantitative estimate of drug-likeness (QED) is 0.552. The van der Waals surface area contributed by atoms with Crippen molar-refractivity contribution in [3.8, 4) is 5.88 Å². The SMILES string of the molecule is CNC(=O)c1csc2c(C(F)(F)F)cc(OC3CCN(C(=O)OC[C@H](C)OC(F)(F)F)CC3)nc12. The minimum absolute atomic E-state index is 0.00949. The number of alkyl halides is 6. The van der Waals surface area contributed by atoms with Crippen LogP contribution >= 0.6 is 11.3 Å². The van der Waals surface area contributed by atoms with Crippen LogP contribution in [0, 0.1) is 0 Å². The van der Waals surface area contributed by atoms with Crippen molar-refractivity contribution in [1.82, 2.24) is 15.2 Å². The maximum Gasteiger partial charge on any atom is 0.522 e. The molecular weight excluding hydrogens is 508 g/mol. The van der Waals surface area contributed by atoms with E-state index in [1.807, 2.05) is 0 Å². The minimum Gasteiger partial charge on any atom is -0.474 e. The van der Waals surface area contributed by atoms with Crippen LogP contribution in [0.2, 0.25) is 0 Å². The summed E-state index contributed by atoms with van der Waals surface area (Å²) in [5.74, 6) is -0.900. The van der Waals surface area contributed by atoms with Gasteiger partial charge in [0.15, 0.2) is 0 Å². The van der Waals surface area contributed by atoms with Gasteiger partial charge in [0.05, 0.1) is 27.4 Å². The first-order valence-electron chi connectivity index (χ1n) is 10.3. The third-order valence-electron chi connectivity index (χ3n) is 5.04. The third kappa shape index (κ3) is 6.87. The van der Waals surface area contributed by atoms with Gasteiger partial charge in [0.1, 0.15) is 12.7 Å². The molecule has 0 aliphatic carbocycles. The van der Waals surface area contributed by atoms with E-state index in [1.165, 1.54) is 17.3 Å². The average Bonchev–Trinajstić information content (AvgIpc) is 3.19. The summed E-state index contributed by atoms with van der Waals surface area (Å²) in [5, 5.41) is 3.65. The molecule has 0 bridgehead atoms. The summed E-state index contributed by atoms with van der Waals surface area (Å²) in [6.45, 7) is 0.707. The number of nitrogens with zero attached hydrogens (tertiary/aromatic N) is 2. The molecule has 1 atom stereocenters. The maximum atomic E-state index is 13.6. The molecule has 8 nitrogen and oxygen atoms in total. The van der Waals surface area contributed by atoms with Crippen molar-refractivity contribution in [1.29, 1.82) is 0 Å². The number of likely N-dealkylation sites (tertiary alicyclic amines) is 1. The first-order valence-corrected chi connectivity index (χ1v) is 11.2. The number of pyridine rings is 1. The fourth-order valence-electron chi connectivity index (χ4n) is 3.42. The van der Waals surface area contributed by atoms with Gasteiger partial charge in [0, 0.05) is 44.4 Å². The minimum atomic E-state index is -4.85. The fourth-order valence-corrected chi connectivity index (χ4v) is 4.44. The van der Waals surface area contributed by atoms with Crippen LogP contribution in [0.25, 0.3) is 10.2 Å². The van der Waals surface area contributed by atoms with Crippen LogP contribution in [-0.4, -0.2) is 67.2 Å². The molecule has 1 N–H and O–H groups in total. The molecule has 194 valence electrons. The Morgan fingerprint density at radius 1 is 1.23 bits per heavy atom. The summed E-state index contributed by atoms with van der Waals surface area (Å²) in [7, 11) is 1.35. The highest BCUT2D eigenvalue weighted by atomic mass is 32.1.